The molecule has 0 amide bonds. The molecule has 0 atom stereocenters. The summed E-state index contributed by atoms with van der Waals surface area (Å²) in [7, 11) is 0. The fourth-order valence-electron chi connectivity index (χ4n) is 1.61. The van der Waals surface area contributed by atoms with Crippen molar-refractivity contribution in [1.82, 2.24) is 0 Å². The predicted octanol–water partition coefficient (Wildman–Crippen LogP) is 3.05. The summed E-state index contributed by atoms with van der Waals surface area (Å²) in [6, 6.07) is 8.00. The van der Waals surface area contributed by atoms with Crippen molar-refractivity contribution in [3.05, 3.63) is 24.3 Å². The molecule has 0 fully saturated rings. The van der Waals surface area contributed by atoms with Gasteiger partial charge < -0.3 is 15.2 Å². The van der Waals surface area contributed by atoms with Crippen molar-refractivity contribution in [2.75, 3.05) is 18.5 Å². The first-order valence-electron chi connectivity index (χ1n) is 6.34. The molecular formula is C14H23NO2. The number of benzene rings is 1. The summed E-state index contributed by atoms with van der Waals surface area (Å²) in [5.74, 6) is 0.907. The van der Waals surface area contributed by atoms with Crippen molar-refractivity contribution in [3.8, 4) is 5.75 Å². The van der Waals surface area contributed by atoms with Crippen LogP contribution in [0.25, 0.3) is 0 Å². The van der Waals surface area contributed by atoms with Gasteiger partial charge in [-0.15, -0.1) is 0 Å². The van der Waals surface area contributed by atoms with Crippen LogP contribution in [0.4, 0.5) is 5.69 Å². The van der Waals surface area contributed by atoms with Crippen LogP contribution in [-0.4, -0.2) is 24.4 Å². The van der Waals surface area contributed by atoms with Crippen LogP contribution in [0.1, 0.15) is 33.1 Å². The third-order valence-corrected chi connectivity index (χ3v) is 2.40. The molecule has 0 aliphatic rings. The number of aliphatic hydroxyl groups excluding tert-OH is 1. The monoisotopic (exact) mass is 237 g/mol. The minimum Gasteiger partial charge on any atom is -0.489 e. The molecule has 17 heavy (non-hydrogen) atoms. The molecule has 0 heterocycles. The molecule has 0 aromatic heterocycles. The van der Waals surface area contributed by atoms with E-state index in [0.29, 0.717) is 0 Å². The van der Waals surface area contributed by atoms with E-state index >= 15 is 0 Å². The molecule has 1 aromatic carbocycles. The summed E-state index contributed by atoms with van der Waals surface area (Å²) in [6.45, 7) is 5.25. The van der Waals surface area contributed by atoms with E-state index in [9.17, 15) is 0 Å². The Labute approximate surface area is 104 Å². The standard InChI is InChI=1S/C14H23NO2/c1-12(2)17-14-9-5-4-8-13(14)15-10-6-3-7-11-16/h4-5,8-9,12,15-16H,3,6-7,10-11H2,1-2H3. The van der Waals surface area contributed by atoms with Gasteiger partial charge in [0.25, 0.3) is 0 Å². The van der Waals surface area contributed by atoms with E-state index in [1.54, 1.807) is 0 Å². The zero-order chi connectivity index (χ0) is 12.5. The molecule has 2 N–H and O–H groups in total. The maximum atomic E-state index is 8.69. The van der Waals surface area contributed by atoms with Crippen LogP contribution in [0.15, 0.2) is 24.3 Å². The molecule has 0 unspecified atom stereocenters. The van der Waals surface area contributed by atoms with Gasteiger partial charge >= 0.3 is 0 Å². The Hall–Kier alpha value is -1.22. The molecule has 0 aliphatic heterocycles. The smallest absolute Gasteiger partial charge is 0.142 e. The second-order valence-electron chi connectivity index (χ2n) is 4.37. The SMILES string of the molecule is CC(C)Oc1ccccc1NCCCCCO. The molecule has 0 aliphatic carbocycles. The van der Waals surface area contributed by atoms with Gasteiger partial charge in [0.1, 0.15) is 5.75 Å². The fraction of sp³-hybridized carbons (Fsp3) is 0.571. The number of aliphatic hydroxyl groups is 1. The normalized spacial score (nSPS) is 10.6. The summed E-state index contributed by atoms with van der Waals surface area (Å²) in [5, 5.41) is 12.1. The van der Waals surface area contributed by atoms with E-state index in [1.807, 2.05) is 38.1 Å². The average Bonchev–Trinajstić information content (AvgIpc) is 2.30. The van der Waals surface area contributed by atoms with Gasteiger partial charge in [0.15, 0.2) is 0 Å². The molecule has 96 valence electrons. The minimum absolute atomic E-state index is 0.187. The Bertz CT molecular complexity index is 313. The van der Waals surface area contributed by atoms with Crippen molar-refractivity contribution in [3.63, 3.8) is 0 Å². The van der Waals surface area contributed by atoms with Gasteiger partial charge in [0.2, 0.25) is 0 Å². The molecule has 0 spiro atoms. The molecule has 3 heteroatoms. The summed E-state index contributed by atoms with van der Waals surface area (Å²) >= 11 is 0. The summed E-state index contributed by atoms with van der Waals surface area (Å²) in [5.41, 5.74) is 1.05. The van der Waals surface area contributed by atoms with Crippen LogP contribution in [0.5, 0.6) is 5.75 Å². The number of ether oxygens (including phenoxy) is 1. The van der Waals surface area contributed by atoms with Gasteiger partial charge in [-0.2, -0.15) is 0 Å². The second kappa shape index (κ2) is 7.96. The van der Waals surface area contributed by atoms with Gasteiger partial charge in [0.05, 0.1) is 11.8 Å². The van der Waals surface area contributed by atoms with Crippen LogP contribution >= 0.6 is 0 Å². The molecule has 1 rings (SSSR count). The second-order valence-corrected chi connectivity index (χ2v) is 4.37. The van der Waals surface area contributed by atoms with Crippen molar-refractivity contribution in [1.29, 1.82) is 0 Å². The minimum atomic E-state index is 0.187. The van der Waals surface area contributed by atoms with Crippen LogP contribution in [0.3, 0.4) is 0 Å². The van der Waals surface area contributed by atoms with Crippen molar-refractivity contribution < 1.29 is 9.84 Å². The molecule has 0 bridgehead atoms. The fourth-order valence-corrected chi connectivity index (χ4v) is 1.61. The largest absolute Gasteiger partial charge is 0.489 e. The molecule has 3 nitrogen and oxygen atoms in total. The lowest BCUT2D eigenvalue weighted by atomic mass is 10.2. The van der Waals surface area contributed by atoms with Crippen LogP contribution in [-0.2, 0) is 0 Å². The Morgan fingerprint density at radius 1 is 1.18 bits per heavy atom. The maximum absolute atomic E-state index is 8.69. The molecule has 0 radical (unpaired) electrons. The molecule has 1 aromatic rings. The molecule has 0 saturated carbocycles. The van der Waals surface area contributed by atoms with Gasteiger partial charge in [-0.25, -0.2) is 0 Å². The maximum Gasteiger partial charge on any atom is 0.142 e. The van der Waals surface area contributed by atoms with Gasteiger partial charge in [-0.1, -0.05) is 12.1 Å². The zero-order valence-electron chi connectivity index (χ0n) is 10.8. The number of para-hydroxylation sites is 2. The first-order valence-corrected chi connectivity index (χ1v) is 6.34. The molecule has 0 saturated heterocycles. The number of anilines is 1. The highest BCUT2D eigenvalue weighted by atomic mass is 16.5. The number of hydrogen-bond acceptors (Lipinski definition) is 3. The van der Waals surface area contributed by atoms with Gasteiger partial charge in [-0.05, 0) is 45.2 Å². The Morgan fingerprint density at radius 2 is 1.94 bits per heavy atom. The van der Waals surface area contributed by atoms with Crippen LogP contribution in [0.2, 0.25) is 0 Å². The van der Waals surface area contributed by atoms with Gasteiger partial charge in [-0.3, -0.25) is 0 Å². The number of hydrogen-bond donors (Lipinski definition) is 2. The summed E-state index contributed by atoms with van der Waals surface area (Å²) in [6.07, 6.45) is 3.19. The number of unbranched alkanes of at least 4 members (excludes halogenated alkanes) is 2. The average molecular weight is 237 g/mol. The number of rotatable bonds is 8. The van der Waals surface area contributed by atoms with E-state index in [1.165, 1.54) is 0 Å². The predicted molar refractivity (Wildman–Crippen MR) is 71.6 cm³/mol. The highest BCUT2D eigenvalue weighted by Gasteiger charge is 2.03. The highest BCUT2D eigenvalue weighted by molar-refractivity contribution is 5.56. The van der Waals surface area contributed by atoms with Crippen molar-refractivity contribution in [2.45, 2.75) is 39.2 Å². The molecular weight excluding hydrogens is 214 g/mol. The van der Waals surface area contributed by atoms with E-state index in [-0.39, 0.29) is 12.7 Å². The Kier molecular flexibility index (Phi) is 6.48. The highest BCUT2D eigenvalue weighted by Crippen LogP contribution is 2.24. The lowest BCUT2D eigenvalue weighted by Gasteiger charge is -2.15. The number of nitrogens with one attached hydrogen (secondary N) is 1. The van der Waals surface area contributed by atoms with Gasteiger partial charge in [0, 0.05) is 13.2 Å². The van der Waals surface area contributed by atoms with Crippen molar-refractivity contribution >= 4 is 5.69 Å². The zero-order valence-corrected chi connectivity index (χ0v) is 10.8. The Balaban J connectivity index is 2.40. The van der Waals surface area contributed by atoms with Crippen molar-refractivity contribution in [2.24, 2.45) is 0 Å². The van der Waals surface area contributed by atoms with Crippen LogP contribution in [0, 0.1) is 0 Å². The third kappa shape index (κ3) is 5.59. The summed E-state index contributed by atoms with van der Waals surface area (Å²) in [4.78, 5) is 0. The quantitative estimate of drug-likeness (QED) is 0.683. The van der Waals surface area contributed by atoms with Crippen LogP contribution < -0.4 is 10.1 Å². The third-order valence-electron chi connectivity index (χ3n) is 2.40. The summed E-state index contributed by atoms with van der Waals surface area (Å²) < 4.78 is 5.72. The van der Waals surface area contributed by atoms with E-state index in [0.717, 1.165) is 37.2 Å². The topological polar surface area (TPSA) is 41.5 Å². The van der Waals surface area contributed by atoms with E-state index < -0.39 is 0 Å². The first kappa shape index (κ1) is 13.8. The van der Waals surface area contributed by atoms with E-state index in [2.05, 4.69) is 5.32 Å². The van der Waals surface area contributed by atoms with E-state index in [4.69, 9.17) is 9.84 Å². The lowest BCUT2D eigenvalue weighted by Crippen LogP contribution is -2.09. The Morgan fingerprint density at radius 3 is 2.65 bits per heavy atom. The first-order chi connectivity index (χ1) is 8.24. The lowest BCUT2D eigenvalue weighted by molar-refractivity contribution is 0.243.